The Bertz CT molecular complexity index is 492. The van der Waals surface area contributed by atoms with Gasteiger partial charge in [-0.15, -0.1) is 0 Å². The summed E-state index contributed by atoms with van der Waals surface area (Å²) in [4.78, 5) is 24.8. The number of aliphatic carboxylic acids is 1. The molecule has 0 radical (unpaired) electrons. The minimum atomic E-state index is -0.778. The van der Waals surface area contributed by atoms with Gasteiger partial charge in [-0.2, -0.15) is 0 Å². The molecule has 2 N–H and O–H groups in total. The maximum atomic E-state index is 11.9. The van der Waals surface area contributed by atoms with Gasteiger partial charge >= 0.3 is 5.97 Å². The largest absolute Gasteiger partial charge is 0.480 e. The number of carbonyl (C=O) groups excluding carboxylic acids is 1. The molecule has 0 unspecified atom stereocenters. The molecule has 33 heavy (non-hydrogen) atoms. The van der Waals surface area contributed by atoms with Crippen molar-refractivity contribution < 1.29 is 14.7 Å². The van der Waals surface area contributed by atoms with Crippen LogP contribution in [0.15, 0.2) is 12.2 Å². The van der Waals surface area contributed by atoms with Crippen LogP contribution in [0.2, 0.25) is 0 Å². The first kappa shape index (κ1) is 31.6. The Labute approximate surface area is 204 Å². The second-order valence-electron chi connectivity index (χ2n) is 9.70. The Morgan fingerprint density at radius 3 is 1.79 bits per heavy atom. The van der Waals surface area contributed by atoms with Gasteiger partial charge < -0.3 is 10.4 Å². The molecule has 1 amide bonds. The molecule has 194 valence electrons. The highest BCUT2D eigenvalue weighted by atomic mass is 16.4. The number of carboxylic acid groups (broad SMARTS) is 1. The summed E-state index contributed by atoms with van der Waals surface area (Å²) in [6.07, 6.45) is 26.9. The Morgan fingerprint density at radius 1 is 0.758 bits per heavy atom. The highest BCUT2D eigenvalue weighted by Gasteiger charge is 2.18. The van der Waals surface area contributed by atoms with Crippen LogP contribution in [0.4, 0.5) is 0 Å². The molecule has 0 heterocycles. The second-order valence-corrected chi connectivity index (χ2v) is 9.70. The monoisotopic (exact) mass is 466 g/mol. The van der Waals surface area contributed by atoms with Crippen LogP contribution in [-0.2, 0) is 9.59 Å². The summed E-state index contributed by atoms with van der Waals surface area (Å²) < 4.78 is 0. The lowest BCUT2D eigenvalue weighted by molar-refractivity contribution is -0.142. The molecule has 0 rings (SSSR count). The summed E-state index contributed by atoms with van der Waals surface area (Å²) in [5.41, 5.74) is 0. The highest BCUT2D eigenvalue weighted by Crippen LogP contribution is 2.12. The van der Waals surface area contributed by atoms with E-state index in [0.29, 0.717) is 19.4 Å². The molecule has 0 saturated carbocycles. The predicted octanol–water partition coefficient (Wildman–Crippen LogP) is 7.11. The van der Waals surface area contributed by atoms with Crippen LogP contribution in [0.3, 0.4) is 0 Å². The second kappa shape index (κ2) is 23.8. The molecule has 0 spiro atoms. The topological polar surface area (TPSA) is 69.6 Å². The van der Waals surface area contributed by atoms with Gasteiger partial charge in [0, 0.05) is 13.0 Å². The summed E-state index contributed by atoms with van der Waals surface area (Å²) >= 11 is 0. The molecule has 5 nitrogen and oxygen atoms in total. The first-order valence-electron chi connectivity index (χ1n) is 13.8. The molecule has 5 heteroatoms. The third-order valence-electron chi connectivity index (χ3n) is 6.30. The fraction of sp³-hybridized carbons (Fsp3) is 0.857. The minimum absolute atomic E-state index is 0.131. The van der Waals surface area contributed by atoms with Crippen LogP contribution in [0, 0.1) is 0 Å². The highest BCUT2D eigenvalue weighted by molar-refractivity contribution is 5.75. The lowest BCUT2D eigenvalue weighted by Crippen LogP contribution is -2.35. The van der Waals surface area contributed by atoms with Crippen LogP contribution in [-0.4, -0.2) is 48.6 Å². The molecule has 0 fully saturated rings. The van der Waals surface area contributed by atoms with Gasteiger partial charge in [-0.05, 0) is 65.5 Å². The zero-order valence-corrected chi connectivity index (χ0v) is 22.1. The molecule has 0 bridgehead atoms. The Balaban J connectivity index is 3.35. The Hall–Kier alpha value is -1.36. The summed E-state index contributed by atoms with van der Waals surface area (Å²) in [7, 11) is 3.58. The maximum absolute atomic E-state index is 11.9. The molecule has 0 aromatic heterocycles. The third kappa shape index (κ3) is 22.2. The molecule has 0 aliphatic carbocycles. The Morgan fingerprint density at radius 2 is 1.27 bits per heavy atom. The van der Waals surface area contributed by atoms with Crippen LogP contribution in [0.1, 0.15) is 129 Å². The van der Waals surface area contributed by atoms with Gasteiger partial charge in [-0.25, -0.2) is 0 Å². The molecule has 0 aliphatic rings. The normalized spacial score (nSPS) is 12.5. The number of allylic oxidation sites excluding steroid dienone is 2. The molecule has 1 atom stereocenters. The maximum Gasteiger partial charge on any atom is 0.320 e. The van der Waals surface area contributed by atoms with Crippen molar-refractivity contribution in [3.63, 3.8) is 0 Å². The van der Waals surface area contributed by atoms with E-state index < -0.39 is 12.0 Å². The summed E-state index contributed by atoms with van der Waals surface area (Å²) in [5.74, 6) is -0.647. The van der Waals surface area contributed by atoms with Crippen molar-refractivity contribution in [3.8, 4) is 0 Å². The zero-order chi connectivity index (χ0) is 24.6. The summed E-state index contributed by atoms with van der Waals surface area (Å²) in [5, 5.41) is 12.1. The van der Waals surface area contributed by atoms with E-state index in [4.69, 9.17) is 5.11 Å². The van der Waals surface area contributed by atoms with E-state index in [2.05, 4.69) is 24.4 Å². The average molecular weight is 467 g/mol. The van der Waals surface area contributed by atoms with Gasteiger partial charge in [0.05, 0.1) is 0 Å². The smallest absolute Gasteiger partial charge is 0.320 e. The third-order valence-corrected chi connectivity index (χ3v) is 6.30. The fourth-order valence-corrected chi connectivity index (χ4v) is 4.09. The van der Waals surface area contributed by atoms with Gasteiger partial charge in [0.15, 0.2) is 0 Å². The van der Waals surface area contributed by atoms with Gasteiger partial charge in [0.1, 0.15) is 6.04 Å². The molecular weight excluding hydrogens is 412 g/mol. The molecule has 0 aliphatic heterocycles. The number of unbranched alkanes of at least 4 members (excludes halogenated alkanes) is 14. The van der Waals surface area contributed by atoms with Crippen molar-refractivity contribution in [1.29, 1.82) is 0 Å². The zero-order valence-electron chi connectivity index (χ0n) is 22.1. The van der Waals surface area contributed by atoms with E-state index in [0.717, 1.165) is 25.7 Å². The van der Waals surface area contributed by atoms with Gasteiger partial charge in [-0.3, -0.25) is 14.5 Å². The predicted molar refractivity (Wildman–Crippen MR) is 141 cm³/mol. The SMILES string of the molecule is CCCCCCC/C=C/CCCCCCCCCCC(=O)NCCCC[C@@H](C(=O)O)N(C)C. The number of carbonyl (C=O) groups is 2. The minimum Gasteiger partial charge on any atom is -0.480 e. The molecule has 0 aromatic carbocycles. The number of rotatable bonds is 24. The average Bonchev–Trinajstić information content (AvgIpc) is 2.77. The van der Waals surface area contributed by atoms with E-state index in [-0.39, 0.29) is 5.91 Å². The molecule has 0 aromatic rings. The lowest BCUT2D eigenvalue weighted by Gasteiger charge is -2.19. The number of nitrogens with zero attached hydrogens (tertiary/aromatic N) is 1. The van der Waals surface area contributed by atoms with Gasteiger partial charge in [-0.1, -0.05) is 83.3 Å². The van der Waals surface area contributed by atoms with Crippen molar-refractivity contribution in [3.05, 3.63) is 12.2 Å². The number of amides is 1. The van der Waals surface area contributed by atoms with Crippen molar-refractivity contribution in [2.45, 2.75) is 135 Å². The lowest BCUT2D eigenvalue weighted by atomic mass is 10.1. The van der Waals surface area contributed by atoms with Crippen LogP contribution in [0.5, 0.6) is 0 Å². The number of hydrogen-bond donors (Lipinski definition) is 2. The van der Waals surface area contributed by atoms with E-state index >= 15 is 0 Å². The first-order chi connectivity index (χ1) is 16.0. The standard InChI is InChI=1S/C28H54N2O3/c1-4-5-6-7-8-9-10-11-12-13-14-15-16-17-18-19-20-24-27(31)29-25-22-21-23-26(28(32)33)30(2)3/h10-11,26H,4-9,12-25H2,1-3H3,(H,29,31)(H,32,33)/b11-10+/t26-/m0/s1. The number of carboxylic acids is 1. The number of hydrogen-bond acceptors (Lipinski definition) is 3. The van der Waals surface area contributed by atoms with Crippen LogP contribution < -0.4 is 5.32 Å². The number of nitrogens with one attached hydrogen (secondary N) is 1. The van der Waals surface area contributed by atoms with E-state index in [9.17, 15) is 9.59 Å². The van der Waals surface area contributed by atoms with Crippen molar-refractivity contribution in [2.75, 3.05) is 20.6 Å². The number of likely N-dealkylation sites (N-methyl/N-ethyl adjacent to an activating group) is 1. The van der Waals surface area contributed by atoms with E-state index in [1.165, 1.54) is 83.5 Å². The first-order valence-corrected chi connectivity index (χ1v) is 13.8. The van der Waals surface area contributed by atoms with E-state index in [1.807, 2.05) is 0 Å². The van der Waals surface area contributed by atoms with Crippen LogP contribution in [0.25, 0.3) is 0 Å². The van der Waals surface area contributed by atoms with Crippen molar-refractivity contribution in [2.24, 2.45) is 0 Å². The molecule has 0 saturated heterocycles. The Kier molecular flexibility index (Phi) is 22.8. The fourth-order valence-electron chi connectivity index (χ4n) is 4.09. The van der Waals surface area contributed by atoms with Crippen molar-refractivity contribution in [1.82, 2.24) is 10.2 Å². The van der Waals surface area contributed by atoms with E-state index in [1.54, 1.807) is 19.0 Å². The van der Waals surface area contributed by atoms with Gasteiger partial charge in [0.2, 0.25) is 5.91 Å². The van der Waals surface area contributed by atoms with Crippen LogP contribution >= 0.6 is 0 Å². The molecular formula is C28H54N2O3. The quantitative estimate of drug-likeness (QED) is 0.117. The summed E-state index contributed by atoms with van der Waals surface area (Å²) in [6.45, 7) is 2.91. The van der Waals surface area contributed by atoms with Crippen molar-refractivity contribution >= 4 is 11.9 Å². The van der Waals surface area contributed by atoms with Gasteiger partial charge in [0.25, 0.3) is 0 Å². The summed E-state index contributed by atoms with van der Waals surface area (Å²) in [6, 6.07) is -0.438.